The first-order valence-electron chi connectivity index (χ1n) is 12.8. The first kappa shape index (κ1) is 26.9. The van der Waals surface area contributed by atoms with Crippen LogP contribution in [0.15, 0.2) is 59.8 Å². The second kappa shape index (κ2) is 10.3. The van der Waals surface area contributed by atoms with Crippen molar-refractivity contribution in [2.24, 2.45) is 17.0 Å². The molecule has 4 unspecified atom stereocenters. The zero-order valence-electron chi connectivity index (χ0n) is 20.9. The lowest BCUT2D eigenvalue weighted by atomic mass is 9.90. The maximum absolute atomic E-state index is 14.1. The maximum atomic E-state index is 14.1. The van der Waals surface area contributed by atoms with E-state index in [1.807, 2.05) is 0 Å². The average Bonchev–Trinajstić information content (AvgIpc) is 3.85. The molecule has 1 aromatic heterocycles. The lowest BCUT2D eigenvalue weighted by molar-refractivity contribution is -0.142. The van der Waals surface area contributed by atoms with E-state index in [0.29, 0.717) is 33.3 Å². The number of carbonyl (C=O) groups is 1. The molecule has 2 heterocycles. The van der Waals surface area contributed by atoms with Crippen LogP contribution in [0, 0.1) is 11.8 Å². The molecule has 4 atom stereocenters. The van der Waals surface area contributed by atoms with E-state index in [0.717, 1.165) is 12.8 Å². The van der Waals surface area contributed by atoms with Gasteiger partial charge in [-0.15, -0.1) is 0 Å². The van der Waals surface area contributed by atoms with E-state index in [9.17, 15) is 23.1 Å². The van der Waals surface area contributed by atoms with Gasteiger partial charge in [0.05, 0.1) is 21.5 Å². The Morgan fingerprint density at radius 2 is 1.77 bits per heavy atom. The second-order valence-electron chi connectivity index (χ2n) is 10.4. The summed E-state index contributed by atoms with van der Waals surface area (Å²) in [5.41, 5.74) is 0.878. The Kier molecular flexibility index (Phi) is 6.91. The van der Waals surface area contributed by atoms with E-state index < -0.39 is 29.7 Å². The standard InChI is InChI=1S/C29H23Cl2F3N2O4/c30-21-5-2-6-22(31)24(21)25-20(26(40-36-25)14-7-8-14)13-39-23-10-9-17(27(35-23)29(32,33)34)19-12-18(19)15-3-1-4-16(11-15)28(37)38/h1-6,9-11,14,18-20,26H,7-8,12-13H2,(H,37,38). The molecule has 0 saturated heterocycles. The summed E-state index contributed by atoms with van der Waals surface area (Å²) in [5, 5.41) is 14.3. The number of ether oxygens (including phenoxy) is 1. The molecule has 2 saturated carbocycles. The quantitative estimate of drug-likeness (QED) is 0.292. The van der Waals surface area contributed by atoms with Crippen molar-refractivity contribution in [1.82, 2.24) is 4.98 Å². The van der Waals surface area contributed by atoms with Gasteiger partial charge in [0, 0.05) is 11.6 Å². The maximum Gasteiger partial charge on any atom is 0.433 e. The largest absolute Gasteiger partial charge is 0.478 e. The Balaban J connectivity index is 1.24. The molecule has 6 nitrogen and oxygen atoms in total. The van der Waals surface area contributed by atoms with Gasteiger partial charge in [0.15, 0.2) is 5.69 Å². The summed E-state index contributed by atoms with van der Waals surface area (Å²) in [5.74, 6) is -2.01. The highest BCUT2D eigenvalue weighted by Crippen LogP contribution is 2.57. The van der Waals surface area contributed by atoms with Gasteiger partial charge in [0.1, 0.15) is 18.4 Å². The number of hydrogen-bond acceptors (Lipinski definition) is 5. The number of aromatic nitrogens is 1. The Morgan fingerprint density at radius 3 is 2.45 bits per heavy atom. The summed E-state index contributed by atoms with van der Waals surface area (Å²) in [7, 11) is 0. The zero-order chi connectivity index (χ0) is 28.2. The van der Waals surface area contributed by atoms with Crippen LogP contribution in [0.3, 0.4) is 0 Å². The minimum absolute atomic E-state index is 0.0147. The first-order chi connectivity index (χ1) is 19.1. The van der Waals surface area contributed by atoms with Crippen molar-refractivity contribution in [3.63, 3.8) is 0 Å². The smallest absolute Gasteiger partial charge is 0.433 e. The highest BCUT2D eigenvalue weighted by molar-refractivity contribution is 6.40. The summed E-state index contributed by atoms with van der Waals surface area (Å²) in [6.07, 6.45) is -2.60. The Morgan fingerprint density at radius 1 is 1.05 bits per heavy atom. The minimum Gasteiger partial charge on any atom is -0.478 e. The molecule has 0 radical (unpaired) electrons. The van der Waals surface area contributed by atoms with Gasteiger partial charge in [-0.1, -0.05) is 52.6 Å². The van der Waals surface area contributed by atoms with Crippen molar-refractivity contribution in [2.75, 3.05) is 6.61 Å². The summed E-state index contributed by atoms with van der Waals surface area (Å²) in [4.78, 5) is 20.9. The normalized spacial score (nSPS) is 23.9. The van der Waals surface area contributed by atoms with Gasteiger partial charge in [0.2, 0.25) is 5.88 Å². The van der Waals surface area contributed by atoms with E-state index in [2.05, 4.69) is 10.1 Å². The first-order valence-corrected chi connectivity index (χ1v) is 13.6. The Bertz CT molecular complexity index is 1490. The van der Waals surface area contributed by atoms with Crippen LogP contribution in [0.2, 0.25) is 10.0 Å². The fourth-order valence-corrected chi connectivity index (χ4v) is 6.04. The van der Waals surface area contributed by atoms with Crippen LogP contribution >= 0.6 is 23.2 Å². The third-order valence-corrected chi connectivity index (χ3v) is 8.29. The Labute approximate surface area is 237 Å². The molecule has 1 N–H and O–H groups in total. The predicted molar refractivity (Wildman–Crippen MR) is 142 cm³/mol. The predicted octanol–water partition coefficient (Wildman–Crippen LogP) is 7.58. The summed E-state index contributed by atoms with van der Waals surface area (Å²) < 4.78 is 48.3. The number of nitrogens with zero attached hydrogens (tertiary/aromatic N) is 2. The van der Waals surface area contributed by atoms with Gasteiger partial charge >= 0.3 is 12.1 Å². The van der Waals surface area contributed by atoms with Crippen molar-refractivity contribution < 1.29 is 32.6 Å². The summed E-state index contributed by atoms with van der Waals surface area (Å²) >= 11 is 12.8. The fraction of sp³-hybridized carbons (Fsp3) is 0.345. The van der Waals surface area contributed by atoms with E-state index in [-0.39, 0.29) is 41.6 Å². The third-order valence-electron chi connectivity index (χ3n) is 7.66. The number of carboxylic acids is 1. The van der Waals surface area contributed by atoms with Crippen LogP contribution in [-0.2, 0) is 11.0 Å². The molecule has 0 amide bonds. The third kappa shape index (κ3) is 5.24. The van der Waals surface area contributed by atoms with Crippen LogP contribution in [0.5, 0.6) is 5.88 Å². The van der Waals surface area contributed by atoms with Crippen LogP contribution in [0.1, 0.15) is 63.8 Å². The SMILES string of the molecule is O=C(O)c1cccc(C2CC2c2ccc(OCC3C(c4c(Cl)cccc4Cl)=NOC3C3CC3)nc2C(F)(F)F)c1. The molecule has 2 aromatic carbocycles. The Hall–Kier alpha value is -3.30. The number of alkyl halides is 3. The highest BCUT2D eigenvalue weighted by atomic mass is 35.5. The molecular formula is C29H23Cl2F3N2O4. The van der Waals surface area contributed by atoms with Crippen molar-refractivity contribution in [2.45, 2.75) is 43.4 Å². The van der Waals surface area contributed by atoms with E-state index in [1.165, 1.54) is 24.3 Å². The van der Waals surface area contributed by atoms with Crippen molar-refractivity contribution >= 4 is 34.9 Å². The molecular weight excluding hydrogens is 568 g/mol. The van der Waals surface area contributed by atoms with Crippen LogP contribution in [-0.4, -0.2) is 34.5 Å². The van der Waals surface area contributed by atoms with E-state index in [1.54, 1.807) is 30.3 Å². The molecule has 0 bridgehead atoms. The molecule has 3 aromatic rings. The molecule has 1 aliphatic heterocycles. The molecule has 0 spiro atoms. The number of carboxylic acid groups (broad SMARTS) is 1. The molecule has 2 fully saturated rings. The van der Waals surface area contributed by atoms with Gasteiger partial charge < -0.3 is 14.7 Å². The number of oxime groups is 1. The van der Waals surface area contributed by atoms with E-state index in [4.69, 9.17) is 32.8 Å². The van der Waals surface area contributed by atoms with Gasteiger partial charge in [-0.25, -0.2) is 9.78 Å². The highest BCUT2D eigenvalue weighted by Gasteiger charge is 2.48. The molecule has 40 heavy (non-hydrogen) atoms. The van der Waals surface area contributed by atoms with Crippen LogP contribution in [0.4, 0.5) is 13.2 Å². The number of aromatic carboxylic acids is 1. The van der Waals surface area contributed by atoms with Gasteiger partial charge in [-0.05, 0) is 72.4 Å². The van der Waals surface area contributed by atoms with Gasteiger partial charge in [-0.2, -0.15) is 13.2 Å². The summed E-state index contributed by atoms with van der Waals surface area (Å²) in [6, 6.07) is 14.2. The lowest BCUT2D eigenvalue weighted by Gasteiger charge is -2.20. The number of rotatable bonds is 8. The molecule has 3 aliphatic rings. The van der Waals surface area contributed by atoms with Crippen LogP contribution < -0.4 is 4.74 Å². The fourth-order valence-electron chi connectivity index (χ4n) is 5.44. The topological polar surface area (TPSA) is 81.0 Å². The van der Waals surface area contributed by atoms with Crippen LogP contribution in [0.25, 0.3) is 0 Å². The van der Waals surface area contributed by atoms with Crippen molar-refractivity contribution in [1.29, 1.82) is 0 Å². The zero-order valence-corrected chi connectivity index (χ0v) is 22.4. The monoisotopic (exact) mass is 590 g/mol. The molecule has 208 valence electrons. The van der Waals surface area contributed by atoms with Gasteiger partial charge in [-0.3, -0.25) is 0 Å². The van der Waals surface area contributed by atoms with Crippen molar-refractivity contribution in [3.8, 4) is 5.88 Å². The molecule has 6 rings (SSSR count). The minimum atomic E-state index is -4.70. The average molecular weight is 591 g/mol. The molecule has 2 aliphatic carbocycles. The lowest BCUT2D eigenvalue weighted by Crippen LogP contribution is -2.32. The number of hydrogen-bond donors (Lipinski definition) is 1. The number of halogens is 5. The molecule has 11 heteroatoms. The van der Waals surface area contributed by atoms with E-state index >= 15 is 0 Å². The number of pyridine rings is 1. The summed E-state index contributed by atoms with van der Waals surface area (Å²) in [6.45, 7) is -0.0147. The second-order valence-corrected chi connectivity index (χ2v) is 11.2. The van der Waals surface area contributed by atoms with Gasteiger partial charge in [0.25, 0.3) is 0 Å². The van der Waals surface area contributed by atoms with Crippen molar-refractivity contribution in [3.05, 3.63) is 92.6 Å². The number of benzene rings is 2.